The molecule has 2 N–H and O–H groups in total. The molecule has 1 heterocycles. The first-order chi connectivity index (χ1) is 6.08. The highest BCUT2D eigenvalue weighted by Gasteiger charge is 2.10. The van der Waals surface area contributed by atoms with Crippen LogP contribution in [0.25, 0.3) is 0 Å². The Morgan fingerprint density at radius 1 is 1.43 bits per heavy atom. The number of hydrogen-bond donors (Lipinski definition) is 1. The van der Waals surface area contributed by atoms with Crippen LogP contribution in [0.3, 0.4) is 0 Å². The second-order valence-corrected chi connectivity index (χ2v) is 3.83. The molecule has 1 atom stereocenters. The molecule has 14 heavy (non-hydrogen) atoms. The Morgan fingerprint density at radius 3 is 2.50 bits per heavy atom. The smallest absolute Gasteiger partial charge is 0.228 e. The highest BCUT2D eigenvalue weighted by molar-refractivity contribution is 5.85. The monoisotopic (exact) mass is 219 g/mol. The molecule has 0 radical (unpaired) electrons. The second kappa shape index (κ2) is 5.98. The summed E-state index contributed by atoms with van der Waals surface area (Å²) in [5, 5.41) is 3.71. The van der Waals surface area contributed by atoms with Gasteiger partial charge in [0.1, 0.15) is 0 Å². The van der Waals surface area contributed by atoms with E-state index in [0.29, 0.717) is 24.1 Å². The lowest BCUT2D eigenvalue weighted by molar-refractivity contribution is 0.356. The first-order valence-electron chi connectivity index (χ1n) is 4.62. The van der Waals surface area contributed by atoms with Crippen LogP contribution in [0.15, 0.2) is 4.52 Å². The maximum atomic E-state index is 5.89. The van der Waals surface area contributed by atoms with Crippen LogP contribution in [0, 0.1) is 12.8 Å². The van der Waals surface area contributed by atoms with Gasteiger partial charge in [0, 0.05) is 12.5 Å². The number of aryl methyl sites for hydroxylation is 1. The molecule has 4 nitrogen and oxygen atoms in total. The zero-order chi connectivity index (χ0) is 9.84. The predicted octanol–water partition coefficient (Wildman–Crippen LogP) is 1.72. The topological polar surface area (TPSA) is 64.9 Å². The van der Waals surface area contributed by atoms with Crippen molar-refractivity contribution in [1.82, 2.24) is 10.1 Å². The van der Waals surface area contributed by atoms with Crippen LogP contribution in [-0.2, 0) is 6.42 Å². The van der Waals surface area contributed by atoms with Gasteiger partial charge in [-0.05, 0) is 19.3 Å². The molecule has 1 aromatic rings. The van der Waals surface area contributed by atoms with Gasteiger partial charge in [0.2, 0.25) is 5.89 Å². The Bertz CT molecular complexity index is 262. The molecule has 0 aromatic carbocycles. The molecule has 0 aliphatic rings. The van der Waals surface area contributed by atoms with Crippen LogP contribution in [-0.4, -0.2) is 16.2 Å². The molecular weight excluding hydrogens is 202 g/mol. The first-order valence-corrected chi connectivity index (χ1v) is 4.62. The van der Waals surface area contributed by atoms with Gasteiger partial charge in [-0.2, -0.15) is 4.98 Å². The van der Waals surface area contributed by atoms with E-state index in [1.54, 1.807) is 6.92 Å². The Kier molecular flexibility index (Phi) is 5.72. The summed E-state index contributed by atoms with van der Waals surface area (Å²) in [5.41, 5.74) is 5.89. The predicted molar refractivity (Wildman–Crippen MR) is 57.4 cm³/mol. The Hall–Kier alpha value is -0.610. The average Bonchev–Trinajstić information content (AvgIpc) is 2.33. The van der Waals surface area contributed by atoms with Crippen molar-refractivity contribution in [2.24, 2.45) is 11.7 Å². The molecular formula is C9H18ClN3O. The van der Waals surface area contributed by atoms with Gasteiger partial charge in [-0.1, -0.05) is 19.0 Å². The van der Waals surface area contributed by atoms with E-state index >= 15 is 0 Å². The van der Waals surface area contributed by atoms with E-state index in [0.717, 1.165) is 6.42 Å². The van der Waals surface area contributed by atoms with Gasteiger partial charge in [0.25, 0.3) is 0 Å². The molecule has 1 aromatic heterocycles. The van der Waals surface area contributed by atoms with E-state index < -0.39 is 0 Å². The van der Waals surface area contributed by atoms with Crippen molar-refractivity contribution in [3.8, 4) is 0 Å². The molecule has 5 heteroatoms. The summed E-state index contributed by atoms with van der Waals surface area (Å²) < 4.78 is 4.98. The zero-order valence-electron chi connectivity index (χ0n) is 8.86. The fourth-order valence-corrected chi connectivity index (χ4v) is 1.34. The molecule has 0 spiro atoms. The van der Waals surface area contributed by atoms with Crippen molar-refractivity contribution in [1.29, 1.82) is 0 Å². The van der Waals surface area contributed by atoms with Gasteiger partial charge >= 0.3 is 0 Å². The number of nitrogens with two attached hydrogens (primary N) is 1. The normalized spacial score (nSPS) is 12.6. The van der Waals surface area contributed by atoms with E-state index in [4.69, 9.17) is 10.3 Å². The third-order valence-corrected chi connectivity index (χ3v) is 1.78. The van der Waals surface area contributed by atoms with E-state index in [2.05, 4.69) is 24.0 Å². The van der Waals surface area contributed by atoms with E-state index in [1.165, 1.54) is 0 Å². The van der Waals surface area contributed by atoms with Gasteiger partial charge < -0.3 is 10.3 Å². The molecule has 0 saturated carbocycles. The van der Waals surface area contributed by atoms with E-state index in [1.807, 2.05) is 0 Å². The molecule has 1 rings (SSSR count). The van der Waals surface area contributed by atoms with Gasteiger partial charge in [0.15, 0.2) is 5.82 Å². The minimum absolute atomic E-state index is 0. The first kappa shape index (κ1) is 13.4. The van der Waals surface area contributed by atoms with Crippen LogP contribution < -0.4 is 5.73 Å². The second-order valence-electron chi connectivity index (χ2n) is 3.83. The molecule has 0 aliphatic carbocycles. The van der Waals surface area contributed by atoms with Crippen LogP contribution in [0.4, 0.5) is 0 Å². The maximum Gasteiger partial charge on any atom is 0.228 e. The lowest BCUT2D eigenvalue weighted by Crippen LogP contribution is -2.24. The summed E-state index contributed by atoms with van der Waals surface area (Å²) in [7, 11) is 0. The van der Waals surface area contributed by atoms with Crippen LogP contribution in [0.5, 0.6) is 0 Å². The minimum atomic E-state index is 0. The Balaban J connectivity index is 0.00000169. The van der Waals surface area contributed by atoms with Crippen LogP contribution in [0.1, 0.15) is 32.0 Å². The maximum absolute atomic E-state index is 5.89. The highest BCUT2D eigenvalue weighted by atomic mass is 35.5. The Labute approximate surface area is 90.7 Å². The van der Waals surface area contributed by atoms with Crippen molar-refractivity contribution in [3.05, 3.63) is 11.7 Å². The zero-order valence-corrected chi connectivity index (χ0v) is 9.67. The molecule has 0 bridgehead atoms. The minimum Gasteiger partial charge on any atom is -0.339 e. The highest BCUT2D eigenvalue weighted by Crippen LogP contribution is 2.07. The quantitative estimate of drug-likeness (QED) is 0.838. The van der Waals surface area contributed by atoms with Crippen LogP contribution in [0.2, 0.25) is 0 Å². The summed E-state index contributed by atoms with van der Waals surface area (Å²) in [6, 6.07) is 0.125. The third kappa shape index (κ3) is 4.58. The summed E-state index contributed by atoms with van der Waals surface area (Å²) in [5.74, 6) is 1.93. The summed E-state index contributed by atoms with van der Waals surface area (Å²) in [6.07, 6.45) is 1.67. The fraction of sp³-hybridized carbons (Fsp3) is 0.778. The molecule has 82 valence electrons. The average molecular weight is 220 g/mol. The lowest BCUT2D eigenvalue weighted by atomic mass is 10.0. The standard InChI is InChI=1S/C9H17N3O.ClH/c1-6(2)4-8(10)5-9-11-7(3)12-13-9;/h6,8H,4-5,10H2,1-3H3;1H/t8-;/m0./s1. The summed E-state index contributed by atoms with van der Waals surface area (Å²) >= 11 is 0. The number of rotatable bonds is 4. The molecule has 0 aliphatic heterocycles. The number of halogens is 1. The molecule has 0 amide bonds. The van der Waals surface area contributed by atoms with Crippen molar-refractivity contribution < 1.29 is 4.52 Å². The van der Waals surface area contributed by atoms with Crippen molar-refractivity contribution in [2.45, 2.75) is 39.7 Å². The number of nitrogens with zero attached hydrogens (tertiary/aromatic N) is 2. The van der Waals surface area contributed by atoms with Gasteiger partial charge in [-0.25, -0.2) is 0 Å². The molecule has 0 unspecified atom stereocenters. The summed E-state index contributed by atoms with van der Waals surface area (Å²) in [6.45, 7) is 6.11. The number of aromatic nitrogens is 2. The van der Waals surface area contributed by atoms with E-state index in [9.17, 15) is 0 Å². The van der Waals surface area contributed by atoms with Crippen molar-refractivity contribution >= 4 is 12.4 Å². The van der Waals surface area contributed by atoms with Gasteiger partial charge in [0.05, 0.1) is 0 Å². The van der Waals surface area contributed by atoms with Crippen molar-refractivity contribution in [3.63, 3.8) is 0 Å². The largest absolute Gasteiger partial charge is 0.339 e. The van der Waals surface area contributed by atoms with Gasteiger partial charge in [-0.15, -0.1) is 12.4 Å². The molecule has 0 fully saturated rings. The third-order valence-electron chi connectivity index (χ3n) is 1.78. The van der Waals surface area contributed by atoms with E-state index in [-0.39, 0.29) is 18.4 Å². The SMILES string of the molecule is Cc1noc(C[C@@H](N)CC(C)C)n1.Cl. The Morgan fingerprint density at radius 2 is 2.07 bits per heavy atom. The lowest BCUT2D eigenvalue weighted by Gasteiger charge is -2.10. The fourth-order valence-electron chi connectivity index (χ4n) is 1.34. The van der Waals surface area contributed by atoms with Gasteiger partial charge in [-0.3, -0.25) is 0 Å². The van der Waals surface area contributed by atoms with Crippen molar-refractivity contribution in [2.75, 3.05) is 0 Å². The number of hydrogen-bond acceptors (Lipinski definition) is 4. The van der Waals surface area contributed by atoms with Crippen LogP contribution >= 0.6 is 12.4 Å². The summed E-state index contributed by atoms with van der Waals surface area (Å²) in [4.78, 5) is 4.10. The molecule has 0 saturated heterocycles.